The maximum Gasteiger partial charge on any atom is 1.00 e. The molecule has 1 fully saturated rings. The van der Waals surface area contributed by atoms with Crippen LogP contribution in [0.15, 0.2) is 22.0 Å². The summed E-state index contributed by atoms with van der Waals surface area (Å²) in [5, 5.41) is 21.1. The molecular formula is C15H14N7NaO5S2. The summed E-state index contributed by atoms with van der Waals surface area (Å²) in [6.45, 7) is -0.194. The minimum atomic E-state index is -1.50. The van der Waals surface area contributed by atoms with Crippen LogP contribution in [0, 0.1) is 0 Å². The van der Waals surface area contributed by atoms with E-state index in [9.17, 15) is 19.5 Å². The fourth-order valence-electron chi connectivity index (χ4n) is 3.00. The number of nitrogens with one attached hydrogen (secondary N) is 2. The number of anilines is 1. The number of aliphatic carboxylic acids is 1. The number of H-pyrrole nitrogens is 1. The molecule has 0 spiro atoms. The van der Waals surface area contributed by atoms with Gasteiger partial charge in [0, 0.05) is 17.8 Å². The molecule has 0 saturated carbocycles. The topological polar surface area (TPSA) is 179 Å². The van der Waals surface area contributed by atoms with Crippen molar-refractivity contribution >= 4 is 58.2 Å². The molecule has 1 saturated heterocycles. The van der Waals surface area contributed by atoms with E-state index in [0.29, 0.717) is 15.9 Å². The van der Waals surface area contributed by atoms with Crippen LogP contribution in [-0.4, -0.2) is 73.7 Å². The Morgan fingerprint density at radius 3 is 2.97 bits per heavy atom. The van der Waals surface area contributed by atoms with Gasteiger partial charge in [-0.1, -0.05) is 11.8 Å². The summed E-state index contributed by atoms with van der Waals surface area (Å²) in [5.74, 6) is -2.02. The van der Waals surface area contributed by atoms with Crippen molar-refractivity contribution in [1.82, 2.24) is 30.4 Å². The fourth-order valence-corrected chi connectivity index (χ4v) is 5.41. The average Bonchev–Trinajstić information content (AvgIpc) is 3.15. The minimum Gasteiger partial charge on any atom is -0.543 e. The first kappa shape index (κ1) is 22.8. The number of nitrogens with zero attached hydrogens (tertiary/aromatic N) is 4. The summed E-state index contributed by atoms with van der Waals surface area (Å²) in [7, 11) is 1.36. The number of thioether (sulfide) groups is 2. The molecule has 1 unspecified atom stereocenters. The first-order chi connectivity index (χ1) is 13.9. The molecule has 2 aliphatic heterocycles. The summed E-state index contributed by atoms with van der Waals surface area (Å²) < 4.78 is 4.73. The van der Waals surface area contributed by atoms with Crippen LogP contribution in [0.1, 0.15) is 0 Å². The van der Waals surface area contributed by atoms with Crippen molar-refractivity contribution < 1.29 is 53.8 Å². The second kappa shape index (κ2) is 9.11. The molecule has 2 aliphatic rings. The molecule has 4 rings (SSSR count). The number of carboxylic acid groups (broad SMARTS) is 1. The van der Waals surface area contributed by atoms with Crippen LogP contribution in [-0.2, 0) is 19.1 Å². The molecule has 0 bridgehead atoms. The SMILES string of the molecule is COCC(=O)NC1C(=O)N2C(C(=O)[O-])=C(Sc3nc(N)c4cn[nH]c4n3)CS[C@H]12.[Na+]. The quantitative estimate of drug-likeness (QED) is 0.214. The number of fused-ring (bicyclic) bond motifs is 2. The molecule has 2 aromatic rings. The first-order valence-electron chi connectivity index (χ1n) is 8.22. The number of hydrogen-bond donors (Lipinski definition) is 3. The van der Waals surface area contributed by atoms with E-state index in [2.05, 4.69) is 25.5 Å². The number of carbonyl (C=O) groups is 3. The van der Waals surface area contributed by atoms with Crippen LogP contribution in [0.25, 0.3) is 11.0 Å². The number of rotatable bonds is 6. The number of amides is 2. The number of nitrogen functional groups attached to an aromatic ring is 1. The maximum absolute atomic E-state index is 12.5. The van der Waals surface area contributed by atoms with Crippen molar-refractivity contribution in [3.8, 4) is 0 Å². The fraction of sp³-hybridized carbons (Fsp3) is 0.333. The van der Waals surface area contributed by atoms with Gasteiger partial charge in [-0.05, 0) is 0 Å². The molecule has 0 aromatic carbocycles. The summed E-state index contributed by atoms with van der Waals surface area (Å²) >= 11 is 2.30. The zero-order chi connectivity index (χ0) is 20.7. The van der Waals surface area contributed by atoms with E-state index in [4.69, 9.17) is 10.5 Å². The van der Waals surface area contributed by atoms with Crippen molar-refractivity contribution in [1.29, 1.82) is 0 Å². The molecule has 0 radical (unpaired) electrons. The van der Waals surface area contributed by atoms with Gasteiger partial charge in [-0.2, -0.15) is 5.10 Å². The number of aromatic nitrogens is 4. The average molecular weight is 459 g/mol. The number of hydrogen-bond acceptors (Lipinski definition) is 11. The molecule has 4 heterocycles. The van der Waals surface area contributed by atoms with Crippen LogP contribution in [0.4, 0.5) is 5.82 Å². The minimum absolute atomic E-state index is 0. The Kier molecular flexibility index (Phi) is 6.94. The second-order valence-electron chi connectivity index (χ2n) is 6.07. The third kappa shape index (κ3) is 4.02. The largest absolute Gasteiger partial charge is 1.00 e. The van der Waals surface area contributed by atoms with Crippen molar-refractivity contribution in [2.24, 2.45) is 0 Å². The number of aromatic amines is 1. The van der Waals surface area contributed by atoms with Gasteiger partial charge in [0.2, 0.25) is 5.91 Å². The number of methoxy groups -OCH3 is 1. The summed E-state index contributed by atoms with van der Waals surface area (Å²) in [4.78, 5) is 45.9. The molecule has 30 heavy (non-hydrogen) atoms. The van der Waals surface area contributed by atoms with Crippen molar-refractivity contribution in [2.75, 3.05) is 25.2 Å². The van der Waals surface area contributed by atoms with Crippen molar-refractivity contribution in [2.45, 2.75) is 16.6 Å². The van der Waals surface area contributed by atoms with Gasteiger partial charge < -0.3 is 25.7 Å². The van der Waals surface area contributed by atoms with Crippen molar-refractivity contribution in [3.05, 3.63) is 16.8 Å². The summed E-state index contributed by atoms with van der Waals surface area (Å²) in [6.07, 6.45) is 1.49. The van der Waals surface area contributed by atoms with E-state index in [1.54, 1.807) is 0 Å². The number of carboxylic acids is 1. The Morgan fingerprint density at radius 1 is 1.50 bits per heavy atom. The zero-order valence-electron chi connectivity index (χ0n) is 15.9. The van der Waals surface area contributed by atoms with Crippen LogP contribution >= 0.6 is 23.5 Å². The van der Waals surface area contributed by atoms with Gasteiger partial charge in [-0.15, -0.1) is 11.8 Å². The van der Waals surface area contributed by atoms with Crippen LogP contribution in [0.3, 0.4) is 0 Å². The van der Waals surface area contributed by atoms with E-state index in [-0.39, 0.29) is 58.6 Å². The van der Waals surface area contributed by atoms with E-state index in [1.807, 2.05) is 0 Å². The molecule has 152 valence electrons. The predicted octanol–water partition coefficient (Wildman–Crippen LogP) is -4.96. The Labute approximate surface area is 200 Å². The Morgan fingerprint density at radius 2 is 2.27 bits per heavy atom. The summed E-state index contributed by atoms with van der Waals surface area (Å²) in [6, 6.07) is -0.822. The van der Waals surface area contributed by atoms with Gasteiger partial charge in [0.05, 0.1) is 23.2 Å². The normalized spacial score (nSPS) is 20.4. The second-order valence-corrected chi connectivity index (χ2v) is 8.24. The van der Waals surface area contributed by atoms with E-state index in [1.165, 1.54) is 25.1 Å². The number of β-lactam (4-membered cyclic amide) rings is 1. The third-order valence-electron chi connectivity index (χ3n) is 4.25. The number of ether oxygens (including phenoxy) is 1. The molecule has 12 nitrogen and oxygen atoms in total. The predicted molar refractivity (Wildman–Crippen MR) is 101 cm³/mol. The monoisotopic (exact) mass is 459 g/mol. The van der Waals surface area contributed by atoms with E-state index >= 15 is 0 Å². The molecule has 2 atom stereocenters. The Bertz CT molecular complexity index is 1060. The van der Waals surface area contributed by atoms with Gasteiger partial charge in [0.1, 0.15) is 23.8 Å². The van der Waals surface area contributed by atoms with Crippen LogP contribution in [0.5, 0.6) is 0 Å². The summed E-state index contributed by atoms with van der Waals surface area (Å²) in [5.41, 5.74) is 6.04. The van der Waals surface area contributed by atoms with Gasteiger partial charge in [0.25, 0.3) is 5.91 Å². The van der Waals surface area contributed by atoms with Crippen LogP contribution in [0.2, 0.25) is 0 Å². The number of carbonyl (C=O) groups excluding carboxylic acids is 3. The maximum atomic E-state index is 12.5. The van der Waals surface area contributed by atoms with Gasteiger partial charge in [-0.3, -0.25) is 19.6 Å². The van der Waals surface area contributed by atoms with E-state index < -0.39 is 29.2 Å². The molecule has 2 aromatic heterocycles. The molecule has 2 amide bonds. The molecular weight excluding hydrogens is 445 g/mol. The molecule has 4 N–H and O–H groups in total. The zero-order valence-corrected chi connectivity index (χ0v) is 19.5. The molecule has 0 aliphatic carbocycles. The Hall–Kier alpha value is -1.84. The van der Waals surface area contributed by atoms with Gasteiger partial charge >= 0.3 is 29.6 Å². The van der Waals surface area contributed by atoms with Gasteiger partial charge in [0.15, 0.2) is 10.8 Å². The van der Waals surface area contributed by atoms with Crippen LogP contribution < -0.4 is 45.7 Å². The standard InChI is InChI=1S/C15H15N7O5S2.Na/c1-27-3-7(23)18-8-12(24)22-9(14(25)26)6(4-28-13(8)22)29-15-19-10(16)5-2-17-21-11(5)20-15;/h2,8,13H,3-4H2,1H3,(H,18,23)(H,25,26)(H3,16,17,19,20,21);/q;+1/p-1/t8?,13-;/m1./s1. The molecule has 15 heteroatoms. The van der Waals surface area contributed by atoms with E-state index in [0.717, 1.165) is 16.7 Å². The van der Waals surface area contributed by atoms with Crippen molar-refractivity contribution in [3.63, 3.8) is 0 Å². The number of nitrogens with two attached hydrogens (primary N) is 1. The Balaban J connectivity index is 0.00000256. The smallest absolute Gasteiger partial charge is 0.543 e. The first-order valence-corrected chi connectivity index (χ1v) is 10.1. The van der Waals surface area contributed by atoms with Gasteiger partial charge in [-0.25, -0.2) is 9.97 Å². The third-order valence-corrected chi connectivity index (χ3v) is 6.66.